The molecule has 2 rings (SSSR count). The molecule has 0 unspecified atom stereocenters. The van der Waals surface area contributed by atoms with Crippen molar-refractivity contribution < 1.29 is 14.3 Å². The van der Waals surface area contributed by atoms with Crippen LogP contribution in [0.4, 0.5) is 5.69 Å². The first-order valence-corrected chi connectivity index (χ1v) is 7.86. The number of benzene rings is 2. The monoisotopic (exact) mass is 338 g/mol. The molecule has 2 aromatic rings. The van der Waals surface area contributed by atoms with Crippen molar-refractivity contribution in [3.05, 3.63) is 65.2 Å². The normalized spacial score (nSPS) is 10.6. The van der Waals surface area contributed by atoms with Crippen molar-refractivity contribution in [2.24, 2.45) is 0 Å². The summed E-state index contributed by atoms with van der Waals surface area (Å²) in [5.41, 5.74) is 3.02. The van der Waals surface area contributed by atoms with E-state index in [2.05, 4.69) is 5.32 Å². The van der Waals surface area contributed by atoms with Crippen LogP contribution in [0.15, 0.2) is 48.5 Å². The van der Waals surface area contributed by atoms with E-state index in [-0.39, 0.29) is 11.8 Å². The highest BCUT2D eigenvalue weighted by Crippen LogP contribution is 2.26. The van der Waals surface area contributed by atoms with Crippen LogP contribution in [-0.2, 0) is 4.79 Å². The molecule has 1 N–H and O–H groups in total. The van der Waals surface area contributed by atoms with Crippen LogP contribution < -0.4 is 10.1 Å². The summed E-state index contributed by atoms with van der Waals surface area (Å²) in [5.74, 6) is 0.0501. The van der Waals surface area contributed by atoms with Crippen molar-refractivity contribution in [1.29, 1.82) is 0 Å². The van der Waals surface area contributed by atoms with Crippen molar-refractivity contribution in [3.63, 3.8) is 0 Å². The molecule has 25 heavy (non-hydrogen) atoms. The molecule has 5 nitrogen and oxygen atoms in total. The summed E-state index contributed by atoms with van der Waals surface area (Å²) in [7, 11) is 4.87. The van der Waals surface area contributed by atoms with E-state index in [0.717, 1.165) is 11.1 Å². The van der Waals surface area contributed by atoms with Gasteiger partial charge in [0, 0.05) is 25.7 Å². The summed E-state index contributed by atoms with van der Waals surface area (Å²) in [4.78, 5) is 25.7. The summed E-state index contributed by atoms with van der Waals surface area (Å²) in [5, 5.41) is 2.76. The van der Waals surface area contributed by atoms with E-state index in [1.807, 2.05) is 31.2 Å². The molecule has 0 bridgehead atoms. The second-order valence-electron chi connectivity index (χ2n) is 5.85. The van der Waals surface area contributed by atoms with E-state index in [0.29, 0.717) is 17.0 Å². The molecular weight excluding hydrogens is 316 g/mol. The van der Waals surface area contributed by atoms with E-state index in [9.17, 15) is 9.59 Å². The van der Waals surface area contributed by atoms with Crippen LogP contribution >= 0.6 is 0 Å². The summed E-state index contributed by atoms with van der Waals surface area (Å²) >= 11 is 0. The Morgan fingerprint density at radius 3 is 2.36 bits per heavy atom. The van der Waals surface area contributed by atoms with Gasteiger partial charge in [-0.15, -0.1) is 0 Å². The fraction of sp³-hybridized carbons (Fsp3) is 0.200. The average molecular weight is 338 g/mol. The smallest absolute Gasteiger partial charge is 0.253 e. The number of rotatable bonds is 5. The summed E-state index contributed by atoms with van der Waals surface area (Å²) < 4.78 is 5.25. The predicted molar refractivity (Wildman–Crippen MR) is 99.9 cm³/mol. The number of ether oxygens (including phenoxy) is 1. The van der Waals surface area contributed by atoms with Gasteiger partial charge in [-0.3, -0.25) is 9.59 Å². The maximum Gasteiger partial charge on any atom is 0.253 e. The Hall–Kier alpha value is -3.08. The SMILES string of the molecule is COc1ccc(C(=O)N(C)C)cc1NC(=O)/C=C/c1ccc(C)cc1. The fourth-order valence-corrected chi connectivity index (χ4v) is 2.22. The van der Waals surface area contributed by atoms with Gasteiger partial charge in [0.05, 0.1) is 12.8 Å². The van der Waals surface area contributed by atoms with Crippen LogP contribution in [-0.4, -0.2) is 37.9 Å². The average Bonchev–Trinajstić information content (AvgIpc) is 2.60. The van der Waals surface area contributed by atoms with Crippen LogP contribution in [0.25, 0.3) is 6.08 Å². The summed E-state index contributed by atoms with van der Waals surface area (Å²) in [6.45, 7) is 2.01. The Bertz CT molecular complexity index is 793. The van der Waals surface area contributed by atoms with Gasteiger partial charge < -0.3 is 15.0 Å². The third-order valence-electron chi connectivity index (χ3n) is 3.61. The molecule has 0 aromatic heterocycles. The number of hydrogen-bond acceptors (Lipinski definition) is 3. The number of amides is 2. The molecule has 0 fully saturated rings. The first-order chi connectivity index (χ1) is 11.9. The second kappa shape index (κ2) is 8.15. The first-order valence-electron chi connectivity index (χ1n) is 7.86. The number of carbonyl (C=O) groups is 2. The number of nitrogens with one attached hydrogen (secondary N) is 1. The minimum absolute atomic E-state index is 0.145. The maximum absolute atomic E-state index is 12.2. The Balaban J connectivity index is 2.17. The number of methoxy groups -OCH3 is 1. The second-order valence-corrected chi connectivity index (χ2v) is 5.85. The molecule has 0 aliphatic carbocycles. The molecular formula is C20H22N2O3. The third-order valence-corrected chi connectivity index (χ3v) is 3.61. The zero-order valence-corrected chi connectivity index (χ0v) is 14.9. The third kappa shape index (κ3) is 4.94. The highest BCUT2D eigenvalue weighted by atomic mass is 16.5. The lowest BCUT2D eigenvalue weighted by Gasteiger charge is -2.14. The summed E-state index contributed by atoms with van der Waals surface area (Å²) in [6, 6.07) is 12.8. The number of carbonyl (C=O) groups excluding carboxylic acids is 2. The highest BCUT2D eigenvalue weighted by Gasteiger charge is 2.12. The van der Waals surface area contributed by atoms with Gasteiger partial charge in [0.2, 0.25) is 5.91 Å². The standard InChI is InChI=1S/C20H22N2O3/c1-14-5-7-15(8-6-14)9-12-19(23)21-17-13-16(20(24)22(2)3)10-11-18(17)25-4/h5-13H,1-4H3,(H,21,23)/b12-9+. The lowest BCUT2D eigenvalue weighted by atomic mass is 10.1. The number of hydrogen-bond donors (Lipinski definition) is 1. The first kappa shape index (κ1) is 18.3. The van der Waals surface area contributed by atoms with Crippen molar-refractivity contribution >= 4 is 23.6 Å². The number of nitrogens with zero attached hydrogens (tertiary/aromatic N) is 1. The van der Waals surface area contributed by atoms with Crippen LogP contribution in [0.5, 0.6) is 5.75 Å². The van der Waals surface area contributed by atoms with Crippen molar-refractivity contribution in [3.8, 4) is 5.75 Å². The minimum Gasteiger partial charge on any atom is -0.495 e. The van der Waals surface area contributed by atoms with Crippen LogP contribution in [0.2, 0.25) is 0 Å². The topological polar surface area (TPSA) is 58.6 Å². The van der Waals surface area contributed by atoms with Gasteiger partial charge in [0.15, 0.2) is 0 Å². The van der Waals surface area contributed by atoms with Crippen LogP contribution in [0.3, 0.4) is 0 Å². The lowest BCUT2D eigenvalue weighted by molar-refractivity contribution is -0.111. The summed E-state index contributed by atoms with van der Waals surface area (Å²) in [6.07, 6.45) is 3.18. The molecule has 0 heterocycles. The maximum atomic E-state index is 12.2. The van der Waals surface area contributed by atoms with Gasteiger partial charge in [0.1, 0.15) is 5.75 Å². The lowest BCUT2D eigenvalue weighted by Crippen LogP contribution is -2.22. The zero-order chi connectivity index (χ0) is 18.4. The molecule has 2 amide bonds. The van der Waals surface area contributed by atoms with Gasteiger partial charge in [0.25, 0.3) is 5.91 Å². The molecule has 0 radical (unpaired) electrons. The molecule has 0 aliphatic rings. The van der Waals surface area contributed by atoms with Gasteiger partial charge in [-0.1, -0.05) is 29.8 Å². The van der Waals surface area contributed by atoms with Gasteiger partial charge in [-0.25, -0.2) is 0 Å². The fourth-order valence-electron chi connectivity index (χ4n) is 2.22. The predicted octanol–water partition coefficient (Wildman–Crippen LogP) is 3.36. The largest absolute Gasteiger partial charge is 0.495 e. The Kier molecular flexibility index (Phi) is 5.95. The zero-order valence-electron chi connectivity index (χ0n) is 14.9. The van der Waals surface area contributed by atoms with Crippen molar-refractivity contribution in [1.82, 2.24) is 4.90 Å². The van der Waals surface area contributed by atoms with Crippen molar-refractivity contribution in [2.75, 3.05) is 26.5 Å². The van der Waals surface area contributed by atoms with E-state index >= 15 is 0 Å². The van der Waals surface area contributed by atoms with Gasteiger partial charge in [-0.05, 0) is 36.8 Å². The molecule has 0 atom stereocenters. The van der Waals surface area contributed by atoms with Gasteiger partial charge >= 0.3 is 0 Å². The quantitative estimate of drug-likeness (QED) is 0.851. The molecule has 0 saturated heterocycles. The van der Waals surface area contributed by atoms with E-state index in [1.54, 1.807) is 38.4 Å². The Morgan fingerprint density at radius 2 is 1.76 bits per heavy atom. The molecule has 0 aliphatic heterocycles. The Morgan fingerprint density at radius 1 is 1.08 bits per heavy atom. The molecule has 0 spiro atoms. The van der Waals surface area contributed by atoms with E-state index in [1.165, 1.54) is 18.1 Å². The molecule has 2 aromatic carbocycles. The van der Waals surface area contributed by atoms with E-state index in [4.69, 9.17) is 4.74 Å². The minimum atomic E-state index is -0.298. The van der Waals surface area contributed by atoms with Gasteiger partial charge in [-0.2, -0.15) is 0 Å². The van der Waals surface area contributed by atoms with Crippen LogP contribution in [0, 0.1) is 6.92 Å². The van der Waals surface area contributed by atoms with E-state index < -0.39 is 0 Å². The Labute approximate surface area is 147 Å². The highest BCUT2D eigenvalue weighted by molar-refractivity contribution is 6.04. The van der Waals surface area contributed by atoms with Crippen LogP contribution in [0.1, 0.15) is 21.5 Å². The number of aryl methyl sites for hydroxylation is 1. The number of anilines is 1. The molecule has 130 valence electrons. The van der Waals surface area contributed by atoms with Crippen molar-refractivity contribution in [2.45, 2.75) is 6.92 Å². The molecule has 0 saturated carbocycles. The molecule has 5 heteroatoms.